The van der Waals surface area contributed by atoms with Crippen molar-refractivity contribution in [3.63, 3.8) is 0 Å². The Kier molecular flexibility index (Phi) is 4.60. The smallest absolute Gasteiger partial charge is 0.235 e. The number of morpholine rings is 1. The van der Waals surface area contributed by atoms with E-state index < -0.39 is 11.6 Å². The molecule has 1 aliphatic rings. The number of hydrogen-bond donors (Lipinski definition) is 2. The lowest BCUT2D eigenvalue weighted by Crippen LogP contribution is -3.14. The fourth-order valence-corrected chi connectivity index (χ4v) is 4.48. The van der Waals surface area contributed by atoms with Crippen molar-refractivity contribution < 1.29 is 23.5 Å². The van der Waals surface area contributed by atoms with Crippen LogP contribution in [0.15, 0.2) is 18.2 Å². The average Bonchev–Trinajstić information content (AvgIpc) is 3.19. The first kappa shape index (κ1) is 17.3. The molecular weight excluding hydrogens is 362 g/mol. The standard InChI is InChI=1S/C17H18F2N4O2S/c1-2-13-20-17-23(21-13)16(24)15(26-17)14(22-5-7-25-8-6-22)10-3-4-11(18)12(19)9-10/h3-4,9,14,24H,2,5-8H2,1H3/p+1/t14-/m1/s1. The van der Waals surface area contributed by atoms with Crippen LogP contribution >= 0.6 is 11.3 Å². The first-order valence-corrected chi connectivity index (χ1v) is 9.34. The van der Waals surface area contributed by atoms with Gasteiger partial charge in [-0.25, -0.2) is 13.8 Å². The number of ether oxygens (including phenoxy) is 1. The van der Waals surface area contributed by atoms with E-state index >= 15 is 0 Å². The van der Waals surface area contributed by atoms with Crippen molar-refractivity contribution in [3.8, 4) is 5.88 Å². The third-order valence-corrected chi connectivity index (χ3v) is 5.73. The number of thiazole rings is 1. The molecule has 0 spiro atoms. The van der Waals surface area contributed by atoms with Gasteiger partial charge in [0.25, 0.3) is 0 Å². The number of aromatic hydroxyl groups is 1. The topological polar surface area (TPSA) is 64.1 Å². The number of quaternary nitrogens is 1. The van der Waals surface area contributed by atoms with E-state index in [4.69, 9.17) is 4.74 Å². The Labute approximate surface area is 152 Å². The van der Waals surface area contributed by atoms with Crippen LogP contribution in [-0.4, -0.2) is 46.0 Å². The van der Waals surface area contributed by atoms with Crippen LogP contribution in [0.5, 0.6) is 5.88 Å². The second-order valence-electron chi connectivity index (χ2n) is 6.24. The second kappa shape index (κ2) is 6.90. The van der Waals surface area contributed by atoms with E-state index in [2.05, 4.69) is 10.1 Å². The molecule has 9 heteroatoms. The van der Waals surface area contributed by atoms with Crippen LogP contribution in [0.3, 0.4) is 0 Å². The highest BCUT2D eigenvalue weighted by atomic mass is 32.1. The van der Waals surface area contributed by atoms with E-state index in [1.54, 1.807) is 6.07 Å². The quantitative estimate of drug-likeness (QED) is 0.716. The van der Waals surface area contributed by atoms with Crippen molar-refractivity contribution in [1.82, 2.24) is 14.6 Å². The number of hydrogen-bond acceptors (Lipinski definition) is 5. The molecule has 0 saturated carbocycles. The molecule has 3 aromatic rings. The van der Waals surface area contributed by atoms with Crippen LogP contribution in [0.1, 0.15) is 29.2 Å². The van der Waals surface area contributed by atoms with E-state index in [-0.39, 0.29) is 11.9 Å². The van der Waals surface area contributed by atoms with Gasteiger partial charge < -0.3 is 14.7 Å². The predicted octanol–water partition coefficient (Wildman–Crippen LogP) is 1.34. The van der Waals surface area contributed by atoms with E-state index in [9.17, 15) is 13.9 Å². The van der Waals surface area contributed by atoms with Gasteiger partial charge in [0.05, 0.1) is 13.2 Å². The van der Waals surface area contributed by atoms with Gasteiger partial charge in [-0.1, -0.05) is 18.3 Å². The SMILES string of the molecule is CCc1nc2sc([C@@H](c3ccc(F)c(F)c3)[NH+]3CCOCC3)c(O)n2n1. The maximum Gasteiger partial charge on any atom is 0.235 e. The lowest BCUT2D eigenvalue weighted by molar-refractivity contribution is -0.932. The van der Waals surface area contributed by atoms with Crippen LogP contribution in [-0.2, 0) is 11.2 Å². The number of rotatable bonds is 4. The Hall–Kier alpha value is -2.10. The number of halogens is 2. The summed E-state index contributed by atoms with van der Waals surface area (Å²) in [7, 11) is 0. The molecule has 6 nitrogen and oxygen atoms in total. The fourth-order valence-electron chi connectivity index (χ4n) is 3.32. The van der Waals surface area contributed by atoms with Crippen molar-refractivity contribution >= 4 is 16.3 Å². The molecule has 1 atom stereocenters. The molecule has 0 radical (unpaired) electrons. The number of nitrogens with zero attached hydrogens (tertiary/aromatic N) is 3. The molecule has 0 amide bonds. The average molecular weight is 381 g/mol. The van der Waals surface area contributed by atoms with Crippen LogP contribution in [0.25, 0.3) is 4.96 Å². The maximum absolute atomic E-state index is 13.9. The zero-order valence-electron chi connectivity index (χ0n) is 14.2. The van der Waals surface area contributed by atoms with Gasteiger partial charge in [0.1, 0.15) is 18.0 Å². The molecule has 4 rings (SSSR count). The van der Waals surface area contributed by atoms with Gasteiger partial charge in [0, 0.05) is 12.0 Å². The summed E-state index contributed by atoms with van der Waals surface area (Å²) >= 11 is 1.33. The normalized spacial score (nSPS) is 17.0. The third kappa shape index (κ3) is 2.95. The number of benzene rings is 1. The summed E-state index contributed by atoms with van der Waals surface area (Å²) in [6.07, 6.45) is 0.671. The van der Waals surface area contributed by atoms with Crippen molar-refractivity contribution in [2.75, 3.05) is 26.3 Å². The summed E-state index contributed by atoms with van der Waals surface area (Å²) < 4.78 is 34.1. The lowest BCUT2D eigenvalue weighted by atomic mass is 10.0. The van der Waals surface area contributed by atoms with Gasteiger partial charge in [-0.15, -0.1) is 5.10 Å². The minimum atomic E-state index is -0.896. The molecule has 0 aliphatic carbocycles. The summed E-state index contributed by atoms with van der Waals surface area (Å²) in [6, 6.07) is 3.56. The molecular formula is C17H19F2N4O2S+. The third-order valence-electron chi connectivity index (χ3n) is 4.64. The predicted molar refractivity (Wildman–Crippen MR) is 91.6 cm³/mol. The van der Waals surface area contributed by atoms with Crippen LogP contribution in [0.4, 0.5) is 8.78 Å². The Bertz CT molecular complexity index is 936. The summed E-state index contributed by atoms with van der Waals surface area (Å²) in [5.41, 5.74) is 0.608. The van der Waals surface area contributed by atoms with Crippen LogP contribution in [0.2, 0.25) is 0 Å². The summed E-state index contributed by atoms with van der Waals surface area (Å²) in [5, 5.41) is 15.0. The Balaban J connectivity index is 1.83. The van der Waals surface area contributed by atoms with Gasteiger partial charge in [-0.2, -0.15) is 4.52 Å². The second-order valence-corrected chi connectivity index (χ2v) is 7.25. The number of fused-ring (bicyclic) bond motifs is 1. The van der Waals surface area contributed by atoms with Crippen molar-refractivity contribution in [2.45, 2.75) is 19.4 Å². The van der Waals surface area contributed by atoms with Crippen LogP contribution < -0.4 is 4.90 Å². The zero-order chi connectivity index (χ0) is 18.3. The van der Waals surface area contributed by atoms with Crippen LogP contribution in [0, 0.1) is 11.6 Å². The Morgan fingerprint density at radius 3 is 2.73 bits per heavy atom. The number of aryl methyl sites for hydroxylation is 1. The highest BCUT2D eigenvalue weighted by Gasteiger charge is 2.34. The largest absolute Gasteiger partial charge is 0.492 e. The summed E-state index contributed by atoms with van der Waals surface area (Å²) in [5.74, 6) is -1.12. The van der Waals surface area contributed by atoms with E-state index in [1.165, 1.54) is 21.9 Å². The number of aromatic nitrogens is 3. The van der Waals surface area contributed by atoms with Crippen molar-refractivity contribution in [2.24, 2.45) is 0 Å². The molecule has 3 heterocycles. The van der Waals surface area contributed by atoms with E-state index in [0.717, 1.165) is 11.0 Å². The molecule has 1 aromatic carbocycles. The molecule has 1 fully saturated rings. The molecule has 0 unspecified atom stereocenters. The fraction of sp³-hybridized carbons (Fsp3) is 0.412. The molecule has 2 aromatic heterocycles. The van der Waals surface area contributed by atoms with Gasteiger partial charge in [0.15, 0.2) is 23.5 Å². The molecule has 1 saturated heterocycles. The molecule has 1 aliphatic heterocycles. The highest BCUT2D eigenvalue weighted by molar-refractivity contribution is 7.17. The number of nitrogens with one attached hydrogen (secondary N) is 1. The maximum atomic E-state index is 13.9. The first-order valence-electron chi connectivity index (χ1n) is 8.53. The first-order chi connectivity index (χ1) is 12.6. The van der Waals surface area contributed by atoms with E-state index in [0.29, 0.717) is 53.9 Å². The Morgan fingerprint density at radius 1 is 1.31 bits per heavy atom. The van der Waals surface area contributed by atoms with Gasteiger partial charge in [0.2, 0.25) is 10.8 Å². The molecule has 2 N–H and O–H groups in total. The van der Waals surface area contributed by atoms with Crippen molar-refractivity contribution in [3.05, 3.63) is 46.1 Å². The van der Waals surface area contributed by atoms with Gasteiger partial charge in [-0.3, -0.25) is 0 Å². The zero-order valence-corrected chi connectivity index (χ0v) is 15.0. The summed E-state index contributed by atoms with van der Waals surface area (Å²) in [4.78, 5) is 6.77. The summed E-state index contributed by atoms with van der Waals surface area (Å²) in [6.45, 7) is 4.52. The molecule has 26 heavy (non-hydrogen) atoms. The highest BCUT2D eigenvalue weighted by Crippen LogP contribution is 2.35. The van der Waals surface area contributed by atoms with Gasteiger partial charge >= 0.3 is 0 Å². The monoisotopic (exact) mass is 381 g/mol. The molecule has 138 valence electrons. The minimum absolute atomic E-state index is 0.00549. The Morgan fingerprint density at radius 2 is 2.08 bits per heavy atom. The van der Waals surface area contributed by atoms with Gasteiger partial charge in [-0.05, 0) is 18.2 Å². The van der Waals surface area contributed by atoms with Crippen molar-refractivity contribution in [1.29, 1.82) is 0 Å². The molecule has 0 bridgehead atoms. The van der Waals surface area contributed by atoms with E-state index in [1.807, 2.05) is 6.92 Å². The minimum Gasteiger partial charge on any atom is -0.492 e. The lowest BCUT2D eigenvalue weighted by Gasteiger charge is -2.31.